The first-order chi connectivity index (χ1) is 9.22. The van der Waals surface area contributed by atoms with Gasteiger partial charge in [0, 0.05) is 6.42 Å². The second-order valence-electron chi connectivity index (χ2n) is 4.15. The van der Waals surface area contributed by atoms with Crippen molar-refractivity contribution in [3.63, 3.8) is 0 Å². The van der Waals surface area contributed by atoms with Gasteiger partial charge in [0.05, 0.1) is 10.6 Å². The summed E-state index contributed by atoms with van der Waals surface area (Å²) in [5.41, 5.74) is 0. The molecule has 2 N–H and O–H groups in total. The monoisotopic (exact) mass is 303 g/mol. The van der Waals surface area contributed by atoms with E-state index < -0.39 is 39.3 Å². The maximum atomic E-state index is 12.7. The molecule has 0 radical (unpaired) electrons. The number of halogens is 1. The average molecular weight is 303 g/mol. The summed E-state index contributed by atoms with van der Waals surface area (Å²) in [6.07, 6.45) is -0.364. The summed E-state index contributed by atoms with van der Waals surface area (Å²) in [5.74, 6) is -2.92. The molecule has 1 amide bonds. The molecule has 0 spiro atoms. The summed E-state index contributed by atoms with van der Waals surface area (Å²) in [4.78, 5) is 21.8. The molecule has 0 saturated heterocycles. The van der Waals surface area contributed by atoms with Gasteiger partial charge in [-0.1, -0.05) is 0 Å². The molecule has 1 aromatic rings. The number of carbonyl (C=O) groups excluding carboxylic acids is 1. The lowest BCUT2D eigenvalue weighted by atomic mass is 10.3. The molecule has 0 fully saturated rings. The van der Waals surface area contributed by atoms with Crippen molar-refractivity contribution >= 4 is 21.7 Å². The molecule has 110 valence electrons. The Balaban J connectivity index is 2.62. The van der Waals surface area contributed by atoms with Gasteiger partial charge in [0.1, 0.15) is 11.9 Å². The van der Waals surface area contributed by atoms with Gasteiger partial charge >= 0.3 is 5.97 Å². The predicted octanol–water partition coefficient (Wildman–Crippen LogP) is 0.579. The minimum atomic E-state index is -3.70. The lowest BCUT2D eigenvalue weighted by molar-refractivity contribution is -0.141. The SMILES string of the molecule is CC(NC(=O)CCS(=O)(=O)c1ccc(F)cc1)C(=O)O. The fourth-order valence-electron chi connectivity index (χ4n) is 1.36. The van der Waals surface area contributed by atoms with Gasteiger partial charge in [-0.25, -0.2) is 12.8 Å². The second kappa shape index (κ2) is 6.47. The highest BCUT2D eigenvalue weighted by molar-refractivity contribution is 7.91. The molecule has 1 atom stereocenters. The van der Waals surface area contributed by atoms with Crippen LogP contribution in [0.4, 0.5) is 4.39 Å². The molecular formula is C12H14FNO5S. The minimum Gasteiger partial charge on any atom is -0.480 e. The van der Waals surface area contributed by atoms with E-state index in [0.717, 1.165) is 24.3 Å². The Morgan fingerprint density at radius 2 is 1.85 bits per heavy atom. The number of sulfone groups is 1. The molecule has 1 aromatic carbocycles. The van der Waals surface area contributed by atoms with E-state index >= 15 is 0 Å². The molecule has 0 aliphatic rings. The van der Waals surface area contributed by atoms with Crippen molar-refractivity contribution < 1.29 is 27.5 Å². The fourth-order valence-corrected chi connectivity index (χ4v) is 2.60. The highest BCUT2D eigenvalue weighted by Crippen LogP contribution is 2.12. The molecule has 8 heteroatoms. The van der Waals surface area contributed by atoms with Crippen LogP contribution in [0, 0.1) is 5.82 Å². The highest BCUT2D eigenvalue weighted by atomic mass is 32.2. The van der Waals surface area contributed by atoms with Crippen molar-refractivity contribution in [1.29, 1.82) is 0 Å². The molecule has 0 heterocycles. The summed E-state index contributed by atoms with van der Waals surface area (Å²) in [6.45, 7) is 1.27. The lowest BCUT2D eigenvalue weighted by Gasteiger charge is -2.09. The smallest absolute Gasteiger partial charge is 0.325 e. The van der Waals surface area contributed by atoms with Crippen molar-refractivity contribution in [3.8, 4) is 0 Å². The fraction of sp³-hybridized carbons (Fsp3) is 0.333. The van der Waals surface area contributed by atoms with Crippen LogP contribution in [-0.2, 0) is 19.4 Å². The van der Waals surface area contributed by atoms with Crippen LogP contribution in [-0.4, -0.2) is 37.2 Å². The van der Waals surface area contributed by atoms with Gasteiger partial charge in [-0.05, 0) is 31.2 Å². The van der Waals surface area contributed by atoms with E-state index in [1.807, 2.05) is 0 Å². The van der Waals surface area contributed by atoms with E-state index in [9.17, 15) is 22.4 Å². The van der Waals surface area contributed by atoms with Crippen LogP contribution < -0.4 is 5.32 Å². The maximum absolute atomic E-state index is 12.7. The van der Waals surface area contributed by atoms with Crippen molar-refractivity contribution in [1.82, 2.24) is 5.32 Å². The second-order valence-corrected chi connectivity index (χ2v) is 6.26. The van der Waals surface area contributed by atoms with E-state index in [0.29, 0.717) is 0 Å². The zero-order valence-electron chi connectivity index (χ0n) is 10.7. The van der Waals surface area contributed by atoms with Gasteiger partial charge < -0.3 is 10.4 Å². The molecule has 20 heavy (non-hydrogen) atoms. The van der Waals surface area contributed by atoms with E-state index in [4.69, 9.17) is 5.11 Å². The number of carboxylic acid groups (broad SMARTS) is 1. The zero-order chi connectivity index (χ0) is 15.3. The first kappa shape index (κ1) is 16.1. The lowest BCUT2D eigenvalue weighted by Crippen LogP contribution is -2.38. The van der Waals surface area contributed by atoms with Crippen molar-refractivity contribution in [2.24, 2.45) is 0 Å². The molecule has 6 nitrogen and oxygen atoms in total. The summed E-state index contributed by atoms with van der Waals surface area (Å²) >= 11 is 0. The number of nitrogens with one attached hydrogen (secondary N) is 1. The quantitative estimate of drug-likeness (QED) is 0.749. The topological polar surface area (TPSA) is 101 Å². The third-order valence-electron chi connectivity index (χ3n) is 2.52. The average Bonchev–Trinajstić information content (AvgIpc) is 2.37. The van der Waals surface area contributed by atoms with Gasteiger partial charge in [-0.15, -0.1) is 0 Å². The molecule has 1 unspecified atom stereocenters. The van der Waals surface area contributed by atoms with Gasteiger partial charge in [0.2, 0.25) is 5.91 Å². The molecule has 0 aromatic heterocycles. The molecule has 0 saturated carbocycles. The summed E-state index contributed by atoms with van der Waals surface area (Å²) < 4.78 is 36.4. The van der Waals surface area contributed by atoms with Crippen LogP contribution in [0.25, 0.3) is 0 Å². The Morgan fingerprint density at radius 1 is 1.30 bits per heavy atom. The summed E-state index contributed by atoms with van der Waals surface area (Å²) in [6, 6.07) is 3.17. The van der Waals surface area contributed by atoms with Crippen LogP contribution in [0.3, 0.4) is 0 Å². The summed E-state index contributed by atoms with van der Waals surface area (Å²) in [7, 11) is -3.70. The molecule has 0 bridgehead atoms. The van der Waals surface area contributed by atoms with Crippen LogP contribution in [0.5, 0.6) is 0 Å². The number of amides is 1. The van der Waals surface area contributed by atoms with Crippen LogP contribution in [0.15, 0.2) is 29.2 Å². The summed E-state index contributed by atoms with van der Waals surface area (Å²) in [5, 5.41) is 10.7. The minimum absolute atomic E-state index is 0.0852. The van der Waals surface area contributed by atoms with E-state index in [-0.39, 0.29) is 11.3 Å². The number of rotatable bonds is 6. The Bertz CT molecular complexity index is 597. The first-order valence-corrected chi connectivity index (χ1v) is 7.38. The normalized spacial score (nSPS) is 12.7. The third kappa shape index (κ3) is 4.61. The molecule has 0 aliphatic heterocycles. The third-order valence-corrected chi connectivity index (χ3v) is 4.25. The number of carbonyl (C=O) groups is 2. The zero-order valence-corrected chi connectivity index (χ0v) is 11.5. The molecule has 0 aliphatic carbocycles. The van der Waals surface area contributed by atoms with Gasteiger partial charge in [0.15, 0.2) is 9.84 Å². The number of hydrogen-bond acceptors (Lipinski definition) is 4. The highest BCUT2D eigenvalue weighted by Gasteiger charge is 2.19. The standard InChI is InChI=1S/C12H14FNO5S/c1-8(12(16)17)14-11(15)6-7-20(18,19)10-4-2-9(13)3-5-10/h2-5,8H,6-7H2,1H3,(H,14,15)(H,16,17). The molecular weight excluding hydrogens is 289 g/mol. The van der Waals surface area contributed by atoms with E-state index in [1.165, 1.54) is 6.92 Å². The Kier molecular flexibility index (Phi) is 5.20. The van der Waals surface area contributed by atoms with Gasteiger partial charge in [-0.2, -0.15) is 0 Å². The number of hydrogen-bond donors (Lipinski definition) is 2. The van der Waals surface area contributed by atoms with Gasteiger partial charge in [0.25, 0.3) is 0 Å². The Labute approximate surface area is 115 Å². The van der Waals surface area contributed by atoms with Gasteiger partial charge in [-0.3, -0.25) is 9.59 Å². The largest absolute Gasteiger partial charge is 0.480 e. The van der Waals surface area contributed by atoms with Crippen LogP contribution >= 0.6 is 0 Å². The van der Waals surface area contributed by atoms with Crippen molar-refractivity contribution in [3.05, 3.63) is 30.1 Å². The number of benzene rings is 1. The number of aliphatic carboxylic acids is 1. The first-order valence-electron chi connectivity index (χ1n) is 5.73. The Morgan fingerprint density at radius 3 is 2.35 bits per heavy atom. The number of carboxylic acids is 1. The van der Waals surface area contributed by atoms with Crippen molar-refractivity contribution in [2.75, 3.05) is 5.75 Å². The van der Waals surface area contributed by atoms with E-state index in [1.54, 1.807) is 0 Å². The van der Waals surface area contributed by atoms with Crippen LogP contribution in [0.2, 0.25) is 0 Å². The van der Waals surface area contributed by atoms with Crippen LogP contribution in [0.1, 0.15) is 13.3 Å². The maximum Gasteiger partial charge on any atom is 0.325 e. The van der Waals surface area contributed by atoms with Crippen molar-refractivity contribution in [2.45, 2.75) is 24.3 Å². The Hall–Kier alpha value is -1.96. The predicted molar refractivity (Wildman–Crippen MR) is 68.3 cm³/mol. The molecule has 1 rings (SSSR count). The van der Waals surface area contributed by atoms with E-state index in [2.05, 4.69) is 5.32 Å².